The number of carbonyl (C=O) groups is 1. The van der Waals surface area contributed by atoms with Crippen molar-refractivity contribution in [2.45, 2.75) is 11.3 Å². The first-order valence-corrected chi connectivity index (χ1v) is 11.0. The number of carbonyl (C=O) groups excluding carboxylic acids is 1. The van der Waals surface area contributed by atoms with E-state index in [2.05, 4.69) is 10.0 Å². The molecule has 0 heterocycles. The zero-order valence-corrected chi connectivity index (χ0v) is 15.6. The van der Waals surface area contributed by atoms with E-state index in [1.165, 1.54) is 24.3 Å². The summed E-state index contributed by atoms with van der Waals surface area (Å²) in [7, 11) is -7.24. The van der Waals surface area contributed by atoms with E-state index in [0.29, 0.717) is 13.0 Å². The molecule has 0 saturated carbocycles. The first-order chi connectivity index (χ1) is 12.1. The number of hydrogen-bond acceptors (Lipinski definition) is 5. The summed E-state index contributed by atoms with van der Waals surface area (Å²) in [4.78, 5) is 12.3. The fourth-order valence-corrected chi connectivity index (χ4v) is 3.32. The van der Waals surface area contributed by atoms with Crippen LogP contribution in [0.1, 0.15) is 15.9 Å². The monoisotopic (exact) mass is 397 g/mol. The Morgan fingerprint density at radius 1 is 1.00 bits per heavy atom. The second kappa shape index (κ2) is 7.85. The van der Waals surface area contributed by atoms with Gasteiger partial charge in [0.15, 0.2) is 0 Å². The number of nitrogens with two attached hydrogens (primary N) is 1. The number of rotatable bonds is 7. The van der Waals surface area contributed by atoms with E-state index in [1.807, 2.05) is 0 Å². The van der Waals surface area contributed by atoms with Crippen LogP contribution in [0.4, 0.5) is 5.69 Å². The normalized spacial score (nSPS) is 11.8. The first-order valence-electron chi connectivity index (χ1n) is 7.53. The lowest BCUT2D eigenvalue weighted by molar-refractivity contribution is 0.0955. The maximum Gasteiger partial charge on any atom is 0.253 e. The Balaban J connectivity index is 1.99. The smallest absolute Gasteiger partial charge is 0.253 e. The molecular weight excluding hydrogens is 378 g/mol. The Hall–Kier alpha value is -2.43. The zero-order valence-electron chi connectivity index (χ0n) is 14.0. The summed E-state index contributed by atoms with van der Waals surface area (Å²) in [6.07, 6.45) is 1.48. The Labute approximate surface area is 152 Å². The van der Waals surface area contributed by atoms with Crippen LogP contribution in [-0.4, -0.2) is 35.5 Å². The fraction of sp³-hybridized carbons (Fsp3) is 0.188. The highest BCUT2D eigenvalue weighted by atomic mass is 32.2. The average molecular weight is 397 g/mol. The number of para-hydroxylation sites is 1. The molecule has 140 valence electrons. The lowest BCUT2D eigenvalue weighted by atomic mass is 10.1. The summed E-state index contributed by atoms with van der Waals surface area (Å²) in [5.41, 5.74) is 1.23. The Morgan fingerprint density at radius 2 is 1.62 bits per heavy atom. The van der Waals surface area contributed by atoms with Crippen molar-refractivity contribution in [2.75, 3.05) is 17.5 Å². The van der Waals surface area contributed by atoms with Crippen LogP contribution < -0.4 is 15.2 Å². The summed E-state index contributed by atoms with van der Waals surface area (Å²) in [6.45, 7) is 0.292. The largest absolute Gasteiger partial charge is 0.352 e. The maximum atomic E-state index is 12.3. The molecule has 4 N–H and O–H groups in total. The van der Waals surface area contributed by atoms with E-state index in [-0.39, 0.29) is 16.1 Å². The Bertz CT molecular complexity index is 1000. The number of amides is 1. The van der Waals surface area contributed by atoms with Crippen LogP contribution in [0, 0.1) is 0 Å². The Kier molecular flexibility index (Phi) is 6.01. The molecule has 8 nitrogen and oxygen atoms in total. The van der Waals surface area contributed by atoms with Gasteiger partial charge in [-0.3, -0.25) is 9.52 Å². The molecule has 2 aromatic carbocycles. The molecule has 0 aromatic heterocycles. The maximum absolute atomic E-state index is 12.3. The highest BCUT2D eigenvalue weighted by Crippen LogP contribution is 2.16. The third kappa shape index (κ3) is 5.83. The molecule has 0 spiro atoms. The molecule has 0 bridgehead atoms. The van der Waals surface area contributed by atoms with Gasteiger partial charge in [-0.1, -0.05) is 24.3 Å². The lowest BCUT2D eigenvalue weighted by Crippen LogP contribution is -2.27. The molecule has 26 heavy (non-hydrogen) atoms. The van der Waals surface area contributed by atoms with Crippen molar-refractivity contribution in [3.8, 4) is 0 Å². The summed E-state index contributed by atoms with van der Waals surface area (Å²) in [5.74, 6) is -0.419. The van der Waals surface area contributed by atoms with Crippen molar-refractivity contribution < 1.29 is 21.6 Å². The molecule has 2 rings (SSSR count). The standard InChI is InChI=1S/C16H19N3O5S2/c1-25(21,22)19-15-5-3-2-4-14(15)16(20)18-11-10-12-6-8-13(9-7-12)26(17,23)24/h2-9,19H,10-11H2,1H3,(H,18,20)(H2,17,23,24). The highest BCUT2D eigenvalue weighted by Gasteiger charge is 2.13. The van der Waals surface area contributed by atoms with Gasteiger partial charge in [-0.15, -0.1) is 0 Å². The van der Waals surface area contributed by atoms with Crippen molar-refractivity contribution in [3.63, 3.8) is 0 Å². The van der Waals surface area contributed by atoms with E-state index in [1.54, 1.807) is 24.3 Å². The van der Waals surface area contributed by atoms with E-state index in [0.717, 1.165) is 11.8 Å². The van der Waals surface area contributed by atoms with Crippen LogP contribution in [-0.2, 0) is 26.5 Å². The predicted molar refractivity (Wildman–Crippen MR) is 98.8 cm³/mol. The van der Waals surface area contributed by atoms with Crippen molar-refractivity contribution in [3.05, 3.63) is 59.7 Å². The molecule has 0 atom stereocenters. The summed E-state index contributed by atoms with van der Waals surface area (Å²) < 4.78 is 47.5. The lowest BCUT2D eigenvalue weighted by Gasteiger charge is -2.11. The van der Waals surface area contributed by atoms with Crippen molar-refractivity contribution >= 4 is 31.6 Å². The molecule has 0 aliphatic rings. The van der Waals surface area contributed by atoms with Crippen LogP contribution in [0.25, 0.3) is 0 Å². The summed E-state index contributed by atoms with van der Waals surface area (Å²) >= 11 is 0. The molecule has 0 fully saturated rings. The minimum Gasteiger partial charge on any atom is -0.352 e. The van der Waals surface area contributed by atoms with Gasteiger partial charge in [0, 0.05) is 6.54 Å². The van der Waals surface area contributed by atoms with Gasteiger partial charge in [0.2, 0.25) is 20.0 Å². The molecule has 1 amide bonds. The van der Waals surface area contributed by atoms with Gasteiger partial charge in [0.05, 0.1) is 22.4 Å². The quantitative estimate of drug-likeness (QED) is 0.631. The molecule has 0 saturated heterocycles. The number of sulfonamides is 2. The molecular formula is C16H19N3O5S2. The van der Waals surface area contributed by atoms with Gasteiger partial charge >= 0.3 is 0 Å². The van der Waals surface area contributed by atoms with Crippen LogP contribution in [0.3, 0.4) is 0 Å². The summed E-state index contributed by atoms with van der Waals surface area (Å²) in [6, 6.07) is 12.3. The number of nitrogens with one attached hydrogen (secondary N) is 2. The van der Waals surface area contributed by atoms with Crippen LogP contribution >= 0.6 is 0 Å². The SMILES string of the molecule is CS(=O)(=O)Nc1ccccc1C(=O)NCCc1ccc(S(N)(=O)=O)cc1. The second-order valence-electron chi connectivity index (χ2n) is 5.61. The number of anilines is 1. The summed E-state index contributed by atoms with van der Waals surface area (Å²) in [5, 5.41) is 7.74. The number of hydrogen-bond donors (Lipinski definition) is 3. The third-order valence-corrected chi connectivity index (χ3v) is 4.94. The molecule has 0 radical (unpaired) electrons. The van der Waals surface area contributed by atoms with Gasteiger partial charge in [0.1, 0.15) is 0 Å². The highest BCUT2D eigenvalue weighted by molar-refractivity contribution is 7.92. The van der Waals surface area contributed by atoms with Crippen LogP contribution in [0.5, 0.6) is 0 Å². The topological polar surface area (TPSA) is 135 Å². The van der Waals surface area contributed by atoms with Crippen LogP contribution in [0.2, 0.25) is 0 Å². The van der Waals surface area contributed by atoms with Gasteiger partial charge in [-0.05, 0) is 36.2 Å². The van der Waals surface area contributed by atoms with E-state index >= 15 is 0 Å². The van der Waals surface area contributed by atoms with Gasteiger partial charge in [-0.25, -0.2) is 22.0 Å². The van der Waals surface area contributed by atoms with E-state index in [4.69, 9.17) is 5.14 Å². The van der Waals surface area contributed by atoms with Gasteiger partial charge in [0.25, 0.3) is 5.91 Å². The number of primary sulfonamides is 1. The van der Waals surface area contributed by atoms with Crippen molar-refractivity contribution in [1.82, 2.24) is 5.32 Å². The van der Waals surface area contributed by atoms with Crippen molar-refractivity contribution in [1.29, 1.82) is 0 Å². The predicted octanol–water partition coefficient (Wildman–Crippen LogP) is 0.678. The molecule has 0 aliphatic heterocycles. The zero-order chi connectivity index (χ0) is 19.4. The Morgan fingerprint density at radius 3 is 2.19 bits per heavy atom. The van der Waals surface area contributed by atoms with E-state index < -0.39 is 26.0 Å². The number of benzene rings is 2. The average Bonchev–Trinajstić information content (AvgIpc) is 2.53. The van der Waals surface area contributed by atoms with Crippen molar-refractivity contribution in [2.24, 2.45) is 5.14 Å². The van der Waals surface area contributed by atoms with Gasteiger partial charge in [-0.2, -0.15) is 0 Å². The van der Waals surface area contributed by atoms with E-state index in [9.17, 15) is 21.6 Å². The first kappa shape index (κ1) is 19.9. The second-order valence-corrected chi connectivity index (χ2v) is 8.92. The third-order valence-electron chi connectivity index (χ3n) is 3.42. The molecule has 10 heteroatoms. The van der Waals surface area contributed by atoms with Gasteiger partial charge < -0.3 is 5.32 Å². The molecule has 0 unspecified atom stereocenters. The fourth-order valence-electron chi connectivity index (χ4n) is 2.23. The minimum atomic E-state index is -3.74. The molecule has 2 aromatic rings. The minimum absolute atomic E-state index is 0.0195. The molecule has 0 aliphatic carbocycles. The van der Waals surface area contributed by atoms with Crippen LogP contribution in [0.15, 0.2) is 53.4 Å².